The molecule has 0 aliphatic carbocycles. The van der Waals surface area contributed by atoms with E-state index in [1.807, 2.05) is 91.4 Å². The first kappa shape index (κ1) is 30.3. The Hall–Kier alpha value is -4.24. The summed E-state index contributed by atoms with van der Waals surface area (Å²) >= 11 is 0. The van der Waals surface area contributed by atoms with Crippen molar-refractivity contribution in [3.05, 3.63) is 163 Å². The van der Waals surface area contributed by atoms with Crippen LogP contribution in [0.5, 0.6) is 0 Å². The number of aryl methyl sites for hydroxylation is 3. The molecule has 0 atom stereocenters. The van der Waals surface area contributed by atoms with E-state index in [0.29, 0.717) is 0 Å². The van der Waals surface area contributed by atoms with Crippen molar-refractivity contribution in [1.82, 2.24) is 15.0 Å². The van der Waals surface area contributed by atoms with E-state index in [1.54, 1.807) is 0 Å². The number of aromatic nitrogens is 3. The molecule has 0 fully saturated rings. The van der Waals surface area contributed by atoms with Crippen molar-refractivity contribution in [3.63, 3.8) is 0 Å². The molecule has 0 saturated carbocycles. The molecule has 201 valence electrons. The third-order valence-corrected chi connectivity index (χ3v) is 6.17. The minimum absolute atomic E-state index is 0. The Morgan fingerprint density at radius 3 is 0.800 bits per heavy atom. The Morgan fingerprint density at radius 2 is 0.575 bits per heavy atom. The molecule has 1 radical (unpaired) electrons. The number of hydrogen-bond acceptors (Lipinski definition) is 3. The van der Waals surface area contributed by atoms with Crippen LogP contribution in [-0.4, -0.2) is 15.0 Å². The molecule has 0 bridgehead atoms. The fourth-order valence-corrected chi connectivity index (χ4v) is 4.15. The number of pyridine rings is 3. The molecule has 0 saturated heterocycles. The zero-order valence-electron chi connectivity index (χ0n) is 23.0. The van der Waals surface area contributed by atoms with Gasteiger partial charge in [-0.05, 0) is 55.7 Å². The predicted octanol–water partition coefficient (Wildman–Crippen LogP) is 9.17. The van der Waals surface area contributed by atoms with Gasteiger partial charge in [-0.25, -0.2) is 0 Å². The molecule has 3 aromatic heterocycles. The van der Waals surface area contributed by atoms with Gasteiger partial charge in [-0.1, -0.05) is 109 Å². The van der Waals surface area contributed by atoms with Crippen LogP contribution in [0.4, 0.5) is 0 Å². The molecule has 0 spiro atoms. The van der Waals surface area contributed by atoms with Gasteiger partial charge >= 0.3 is 0 Å². The van der Waals surface area contributed by atoms with Crippen molar-refractivity contribution in [1.29, 1.82) is 0 Å². The van der Waals surface area contributed by atoms with E-state index < -0.39 is 0 Å². The van der Waals surface area contributed by atoms with E-state index in [-0.39, 0.29) is 20.1 Å². The number of rotatable bonds is 3. The molecular formula is C36H33IrN3. The van der Waals surface area contributed by atoms with Gasteiger partial charge in [0.15, 0.2) is 0 Å². The molecule has 3 aromatic carbocycles. The maximum absolute atomic E-state index is 4.35. The molecule has 0 aliphatic rings. The quantitative estimate of drug-likeness (QED) is 0.185. The van der Waals surface area contributed by atoms with Crippen LogP contribution in [0.25, 0.3) is 33.8 Å². The first-order chi connectivity index (χ1) is 19.1. The van der Waals surface area contributed by atoms with Crippen LogP contribution in [0.3, 0.4) is 0 Å². The second-order valence-electron chi connectivity index (χ2n) is 9.10. The summed E-state index contributed by atoms with van der Waals surface area (Å²) in [5, 5.41) is 0. The van der Waals surface area contributed by atoms with Crippen molar-refractivity contribution >= 4 is 0 Å². The molecule has 3 heterocycles. The fourth-order valence-electron chi connectivity index (χ4n) is 4.15. The van der Waals surface area contributed by atoms with Crippen LogP contribution in [0, 0.1) is 20.8 Å². The first-order valence-corrected chi connectivity index (χ1v) is 13.0. The summed E-state index contributed by atoms with van der Waals surface area (Å²) < 4.78 is 0. The van der Waals surface area contributed by atoms with Gasteiger partial charge in [-0.3, -0.25) is 15.0 Å². The van der Waals surface area contributed by atoms with E-state index in [1.165, 1.54) is 33.4 Å². The van der Waals surface area contributed by atoms with Crippen molar-refractivity contribution in [2.75, 3.05) is 0 Å². The van der Waals surface area contributed by atoms with Crippen molar-refractivity contribution in [2.24, 2.45) is 0 Å². The molecule has 40 heavy (non-hydrogen) atoms. The van der Waals surface area contributed by atoms with Crippen LogP contribution in [0.15, 0.2) is 146 Å². The Labute approximate surface area is 251 Å². The topological polar surface area (TPSA) is 38.7 Å². The van der Waals surface area contributed by atoms with Gasteiger partial charge in [0.2, 0.25) is 0 Å². The maximum atomic E-state index is 4.35. The molecule has 0 aliphatic heterocycles. The Bertz CT molecular complexity index is 1380. The fraction of sp³-hybridized carbons (Fsp3) is 0.0833. The van der Waals surface area contributed by atoms with Crippen LogP contribution < -0.4 is 0 Å². The van der Waals surface area contributed by atoms with Crippen LogP contribution in [-0.2, 0) is 20.1 Å². The van der Waals surface area contributed by atoms with Gasteiger partial charge in [-0.2, -0.15) is 0 Å². The summed E-state index contributed by atoms with van der Waals surface area (Å²) in [6, 6.07) is 42.8. The van der Waals surface area contributed by atoms with E-state index >= 15 is 0 Å². The summed E-state index contributed by atoms with van der Waals surface area (Å²) in [5.74, 6) is 0. The Kier molecular flexibility index (Phi) is 12.1. The summed E-state index contributed by atoms with van der Waals surface area (Å²) in [5.41, 5.74) is 10.4. The summed E-state index contributed by atoms with van der Waals surface area (Å²) in [7, 11) is 0. The predicted molar refractivity (Wildman–Crippen MR) is 163 cm³/mol. The van der Waals surface area contributed by atoms with E-state index in [0.717, 1.165) is 17.1 Å². The van der Waals surface area contributed by atoms with Gasteiger partial charge < -0.3 is 0 Å². The largest absolute Gasteiger partial charge is 0.256 e. The molecule has 0 amide bonds. The molecule has 0 N–H and O–H groups in total. The van der Waals surface area contributed by atoms with E-state index in [9.17, 15) is 0 Å². The smallest absolute Gasteiger partial charge is 0.0731 e. The molecule has 0 unspecified atom stereocenters. The summed E-state index contributed by atoms with van der Waals surface area (Å²) in [4.78, 5) is 13.0. The number of hydrogen-bond donors (Lipinski definition) is 0. The second kappa shape index (κ2) is 16.0. The SMILES string of the molecule is Cc1cccnc1-c1ccccc1.Cc1cccnc1-c1ccccc1.Cc1cccnc1-c1ccccc1.[Ir]. The van der Waals surface area contributed by atoms with Gasteiger partial charge in [0.25, 0.3) is 0 Å². The van der Waals surface area contributed by atoms with Gasteiger partial charge in [0.05, 0.1) is 17.1 Å². The molecule has 6 rings (SSSR count). The zero-order valence-corrected chi connectivity index (χ0v) is 25.4. The first-order valence-electron chi connectivity index (χ1n) is 13.0. The third kappa shape index (κ3) is 8.64. The molecule has 6 aromatic rings. The summed E-state index contributed by atoms with van der Waals surface area (Å²) in [6.45, 7) is 6.24. The minimum atomic E-state index is 0. The van der Waals surface area contributed by atoms with E-state index in [4.69, 9.17) is 0 Å². The molecule has 4 heteroatoms. The van der Waals surface area contributed by atoms with Gasteiger partial charge in [0.1, 0.15) is 0 Å². The van der Waals surface area contributed by atoms with Crippen molar-refractivity contribution in [2.45, 2.75) is 20.8 Å². The average Bonchev–Trinajstić information content (AvgIpc) is 3.00. The van der Waals surface area contributed by atoms with Crippen LogP contribution in [0.2, 0.25) is 0 Å². The minimum Gasteiger partial charge on any atom is -0.256 e. The second-order valence-corrected chi connectivity index (χ2v) is 9.10. The third-order valence-electron chi connectivity index (χ3n) is 6.17. The Balaban J connectivity index is 0.000000163. The standard InChI is InChI=1S/3C12H11N.Ir/c3*1-10-6-5-9-13-12(10)11-7-3-2-4-8-11;/h3*2-9H,1H3;. The molecule has 3 nitrogen and oxygen atoms in total. The monoisotopic (exact) mass is 700 g/mol. The normalized spacial score (nSPS) is 9.68. The van der Waals surface area contributed by atoms with Crippen molar-refractivity contribution in [3.8, 4) is 33.8 Å². The van der Waals surface area contributed by atoms with Crippen molar-refractivity contribution < 1.29 is 20.1 Å². The van der Waals surface area contributed by atoms with Gasteiger partial charge in [0, 0.05) is 55.4 Å². The van der Waals surface area contributed by atoms with Crippen LogP contribution in [0.1, 0.15) is 16.7 Å². The zero-order chi connectivity index (χ0) is 27.3. The Morgan fingerprint density at radius 1 is 0.325 bits per heavy atom. The van der Waals surface area contributed by atoms with Crippen LogP contribution >= 0.6 is 0 Å². The molecular weight excluding hydrogens is 667 g/mol. The van der Waals surface area contributed by atoms with E-state index in [2.05, 4.69) is 90.3 Å². The number of benzene rings is 3. The van der Waals surface area contributed by atoms with Gasteiger partial charge in [-0.15, -0.1) is 0 Å². The summed E-state index contributed by atoms with van der Waals surface area (Å²) in [6.07, 6.45) is 5.49. The average molecular weight is 700 g/mol. The maximum Gasteiger partial charge on any atom is 0.0731 e. The number of nitrogens with zero attached hydrogens (tertiary/aromatic N) is 3.